The number of carbonyl (C=O) groups is 1. The van der Waals surface area contributed by atoms with Gasteiger partial charge in [0, 0.05) is 16.7 Å². The van der Waals surface area contributed by atoms with E-state index in [9.17, 15) is 27.5 Å². The van der Waals surface area contributed by atoms with Gasteiger partial charge in [-0.2, -0.15) is 17.6 Å². The third-order valence-corrected chi connectivity index (χ3v) is 8.37. The number of hydrogen-bond donors (Lipinski definition) is 1. The van der Waals surface area contributed by atoms with Gasteiger partial charge in [0.1, 0.15) is 5.75 Å². The minimum absolute atomic E-state index is 0.0251. The summed E-state index contributed by atoms with van der Waals surface area (Å²) in [7, 11) is 0. The van der Waals surface area contributed by atoms with Crippen LogP contribution in [-0.2, 0) is 4.79 Å². The summed E-state index contributed by atoms with van der Waals surface area (Å²) in [5.41, 5.74) is 1.22. The van der Waals surface area contributed by atoms with E-state index >= 15 is 0 Å². The van der Waals surface area contributed by atoms with Gasteiger partial charge in [-0.3, -0.25) is 0 Å². The first kappa shape index (κ1) is 40.0. The number of aliphatic carboxylic acids is 1. The van der Waals surface area contributed by atoms with Crippen molar-refractivity contribution in [3.05, 3.63) is 67.3 Å². The van der Waals surface area contributed by atoms with Crippen LogP contribution >= 0.6 is 0 Å². The van der Waals surface area contributed by atoms with E-state index in [4.69, 9.17) is 9.47 Å². The summed E-state index contributed by atoms with van der Waals surface area (Å²) in [6.07, 6.45) is 13.8. The first-order valence-electron chi connectivity index (χ1n) is 17.9. The molecule has 9 nitrogen and oxygen atoms in total. The van der Waals surface area contributed by atoms with Crippen LogP contribution in [-0.4, -0.2) is 56.3 Å². The Balaban J connectivity index is 1.52. The number of carboxylic acids is 1. The van der Waals surface area contributed by atoms with Crippen molar-refractivity contribution < 1.29 is 41.7 Å². The number of aromatic nitrogens is 4. The van der Waals surface area contributed by atoms with E-state index in [1.54, 1.807) is 36.7 Å². The maximum atomic E-state index is 14.9. The molecule has 4 aromatic rings. The van der Waals surface area contributed by atoms with Crippen molar-refractivity contribution in [1.29, 1.82) is 0 Å². The third kappa shape index (κ3) is 11.3. The van der Waals surface area contributed by atoms with Crippen molar-refractivity contribution in [3.8, 4) is 51.2 Å². The molecule has 0 spiro atoms. The zero-order valence-corrected chi connectivity index (χ0v) is 29.6. The smallest absolute Gasteiger partial charge is 0.472 e. The molecule has 52 heavy (non-hydrogen) atoms. The molecule has 2 aromatic carbocycles. The van der Waals surface area contributed by atoms with Gasteiger partial charge in [0.15, 0.2) is 23.1 Å². The number of halogens is 4. The fourth-order valence-electron chi connectivity index (χ4n) is 5.38. The van der Waals surface area contributed by atoms with Crippen LogP contribution in [0.15, 0.2) is 67.3 Å². The molecule has 1 atom stereocenters. The van der Waals surface area contributed by atoms with Gasteiger partial charge in [-0.15, -0.1) is 0 Å². The molecule has 0 bridgehead atoms. The third-order valence-electron chi connectivity index (χ3n) is 8.37. The van der Waals surface area contributed by atoms with Gasteiger partial charge in [-0.1, -0.05) is 102 Å². The maximum Gasteiger partial charge on any atom is 0.472 e. The predicted octanol–water partition coefficient (Wildman–Crippen LogP) is 10.4. The highest BCUT2D eigenvalue weighted by atomic mass is 19.4. The van der Waals surface area contributed by atoms with Gasteiger partial charge >= 0.3 is 18.0 Å². The Morgan fingerprint density at radius 1 is 0.615 bits per heavy atom. The van der Waals surface area contributed by atoms with Gasteiger partial charge in [-0.05, 0) is 36.6 Å². The number of rotatable bonds is 22. The standard InChI is InChI=1S/C39H46F4N4O5/c1-3-5-7-9-11-13-21-50-31-24-44-35(45-25-31)29-17-15-28(16-18-29)33-23-30(19-20-34(33)52-38(40,37(48)49)39(41,42)43)36-46-26-32(27-47-36)51-22-14-12-10-8-6-4-2/h15-20,23-27H,3-14,21-22H2,1-2H3,(H,48,49). The van der Waals surface area contributed by atoms with Crippen molar-refractivity contribution in [2.45, 2.75) is 103 Å². The topological polar surface area (TPSA) is 117 Å². The minimum atomic E-state index is -5.87. The summed E-state index contributed by atoms with van der Waals surface area (Å²) >= 11 is 0. The molecular weight excluding hydrogens is 680 g/mol. The first-order valence-corrected chi connectivity index (χ1v) is 17.9. The lowest BCUT2D eigenvalue weighted by Crippen LogP contribution is -2.53. The summed E-state index contributed by atoms with van der Waals surface area (Å²) in [6, 6.07) is 10.2. The molecule has 0 saturated carbocycles. The molecule has 0 radical (unpaired) electrons. The fourth-order valence-corrected chi connectivity index (χ4v) is 5.38. The average Bonchev–Trinajstić information content (AvgIpc) is 3.14. The number of benzene rings is 2. The highest BCUT2D eigenvalue weighted by Gasteiger charge is 2.66. The molecule has 4 rings (SSSR count). The number of unbranched alkanes of at least 4 members (excludes halogenated alkanes) is 10. The normalized spacial score (nSPS) is 12.7. The second-order valence-corrected chi connectivity index (χ2v) is 12.5. The van der Waals surface area contributed by atoms with Gasteiger partial charge in [0.25, 0.3) is 0 Å². The number of hydrogen-bond acceptors (Lipinski definition) is 8. The molecule has 0 saturated heterocycles. The van der Waals surface area contributed by atoms with Crippen molar-refractivity contribution in [3.63, 3.8) is 0 Å². The van der Waals surface area contributed by atoms with Crippen LogP contribution in [0.5, 0.6) is 17.2 Å². The SMILES string of the molecule is CCCCCCCCOc1cnc(-c2ccc(-c3cc(-c4ncc(OCCCCCCCC)cn4)ccc3OC(F)(C(=O)O)C(F)(F)F)cc2)nc1. The quantitative estimate of drug-likeness (QED) is 0.0624. The summed E-state index contributed by atoms with van der Waals surface area (Å²) in [6.45, 7) is 5.42. The van der Waals surface area contributed by atoms with Crippen LogP contribution in [0, 0.1) is 0 Å². The number of nitrogens with zero attached hydrogens (tertiary/aromatic N) is 4. The monoisotopic (exact) mass is 726 g/mol. The number of ether oxygens (including phenoxy) is 3. The fraction of sp³-hybridized carbons (Fsp3) is 0.462. The van der Waals surface area contributed by atoms with Crippen molar-refractivity contribution in [1.82, 2.24) is 19.9 Å². The molecular formula is C39H46F4N4O5. The van der Waals surface area contributed by atoms with Crippen molar-refractivity contribution in [2.75, 3.05) is 13.2 Å². The van der Waals surface area contributed by atoms with E-state index in [0.717, 1.165) is 38.2 Å². The summed E-state index contributed by atoms with van der Waals surface area (Å²) in [5, 5.41) is 9.18. The van der Waals surface area contributed by atoms with Crippen molar-refractivity contribution >= 4 is 5.97 Å². The van der Waals surface area contributed by atoms with E-state index in [-0.39, 0.29) is 11.4 Å². The lowest BCUT2D eigenvalue weighted by molar-refractivity contribution is -0.295. The zero-order chi connectivity index (χ0) is 37.4. The Labute approximate surface area is 301 Å². The highest BCUT2D eigenvalue weighted by Crippen LogP contribution is 2.41. The molecule has 1 N–H and O–H groups in total. The molecule has 2 heterocycles. The molecule has 0 amide bonds. The Morgan fingerprint density at radius 2 is 1.04 bits per heavy atom. The summed E-state index contributed by atoms with van der Waals surface area (Å²) in [5.74, 6) is -6.90. The minimum Gasteiger partial charge on any atom is -0.490 e. The van der Waals surface area contributed by atoms with Crippen LogP contribution in [0.25, 0.3) is 33.9 Å². The van der Waals surface area contributed by atoms with E-state index in [0.29, 0.717) is 47.2 Å². The molecule has 0 aliphatic rings. The van der Waals surface area contributed by atoms with Crippen molar-refractivity contribution in [2.24, 2.45) is 0 Å². The van der Waals surface area contributed by atoms with E-state index in [1.807, 2.05) is 0 Å². The Kier molecular flexibility index (Phi) is 15.1. The Bertz CT molecular complexity index is 1670. The molecule has 0 fully saturated rings. The predicted molar refractivity (Wildman–Crippen MR) is 190 cm³/mol. The molecule has 0 aliphatic heterocycles. The summed E-state index contributed by atoms with van der Waals surface area (Å²) < 4.78 is 71.9. The van der Waals surface area contributed by atoms with E-state index < -0.39 is 23.7 Å². The molecule has 0 aliphatic carbocycles. The van der Waals surface area contributed by atoms with Gasteiger partial charge in [0.05, 0.1) is 38.0 Å². The Morgan fingerprint density at radius 3 is 1.50 bits per heavy atom. The zero-order valence-electron chi connectivity index (χ0n) is 29.6. The van der Waals surface area contributed by atoms with Gasteiger partial charge < -0.3 is 19.3 Å². The molecule has 280 valence electrons. The van der Waals surface area contributed by atoms with Gasteiger partial charge in [0.2, 0.25) is 0 Å². The maximum absolute atomic E-state index is 14.9. The van der Waals surface area contributed by atoms with Crippen LogP contribution in [0.1, 0.15) is 90.9 Å². The second-order valence-electron chi connectivity index (χ2n) is 12.5. The van der Waals surface area contributed by atoms with Crippen LogP contribution in [0.3, 0.4) is 0 Å². The number of alkyl halides is 4. The summed E-state index contributed by atoms with van der Waals surface area (Å²) in [4.78, 5) is 28.9. The van der Waals surface area contributed by atoms with Crippen LogP contribution in [0.2, 0.25) is 0 Å². The Hall–Kier alpha value is -4.81. The number of carboxylic acid groups (broad SMARTS) is 1. The van der Waals surface area contributed by atoms with Gasteiger partial charge in [-0.25, -0.2) is 24.7 Å². The first-order chi connectivity index (χ1) is 25.1. The molecule has 13 heteroatoms. The molecule has 2 aromatic heterocycles. The van der Waals surface area contributed by atoms with E-state index in [2.05, 4.69) is 38.5 Å². The second kappa shape index (κ2) is 19.7. The van der Waals surface area contributed by atoms with Crippen LogP contribution in [0.4, 0.5) is 17.6 Å². The lowest BCUT2D eigenvalue weighted by atomic mass is 10.00. The van der Waals surface area contributed by atoms with E-state index in [1.165, 1.54) is 69.5 Å². The lowest BCUT2D eigenvalue weighted by Gasteiger charge is -2.25. The average molecular weight is 727 g/mol. The largest absolute Gasteiger partial charge is 0.490 e. The molecule has 1 unspecified atom stereocenters. The highest BCUT2D eigenvalue weighted by molar-refractivity contribution is 5.80. The van der Waals surface area contributed by atoms with Crippen LogP contribution < -0.4 is 14.2 Å².